The number of halogens is 1. The maximum Gasteiger partial charge on any atom is 0.461 e. The van der Waals surface area contributed by atoms with Crippen molar-refractivity contribution in [3.05, 3.63) is 53.5 Å². The average molecular weight is 416 g/mol. The zero-order valence-corrected chi connectivity index (χ0v) is 16.9. The normalized spacial score (nSPS) is 13.5. The number of alkyl halides is 1. The van der Waals surface area contributed by atoms with Crippen LogP contribution in [0.3, 0.4) is 0 Å². The first-order valence-corrected chi connectivity index (χ1v) is 10.5. The number of rotatable bonds is 11. The molecular weight excluding hydrogens is 393 g/mol. The van der Waals surface area contributed by atoms with Crippen LogP contribution in [-0.2, 0) is 15.7 Å². The molecule has 0 amide bonds. The highest BCUT2D eigenvalue weighted by atomic mass is 35.5. The van der Waals surface area contributed by atoms with Gasteiger partial charge in [-0.15, -0.1) is 11.6 Å². The average Bonchev–Trinajstić information content (AvgIpc) is 3.06. The van der Waals surface area contributed by atoms with Crippen molar-refractivity contribution in [2.45, 2.75) is 26.4 Å². The maximum atomic E-state index is 13.4. The summed E-state index contributed by atoms with van der Waals surface area (Å²) in [6.45, 7) is 2.26. The zero-order valence-electron chi connectivity index (χ0n) is 15.3. The van der Waals surface area contributed by atoms with Gasteiger partial charge in [-0.3, -0.25) is 4.52 Å². The molecule has 2 aromatic rings. The number of carbonyl (C=O) groups is 1. The Hall–Kier alpha value is -1.79. The molecule has 27 heavy (non-hydrogen) atoms. The molecule has 1 aromatic heterocycles. The summed E-state index contributed by atoms with van der Waals surface area (Å²) in [4.78, 5) is 11.0. The highest BCUT2D eigenvalue weighted by Gasteiger charge is 2.33. The smallest absolute Gasteiger partial charge is 0.461 e. The van der Waals surface area contributed by atoms with Crippen LogP contribution >= 0.6 is 19.3 Å². The Bertz CT molecular complexity index is 791. The van der Waals surface area contributed by atoms with Gasteiger partial charge in [0, 0.05) is 12.4 Å². The molecule has 1 unspecified atom stereocenters. The van der Waals surface area contributed by atoms with Gasteiger partial charge in [-0.25, -0.2) is 14.0 Å². The van der Waals surface area contributed by atoms with Crippen molar-refractivity contribution in [3.63, 3.8) is 0 Å². The van der Waals surface area contributed by atoms with Crippen molar-refractivity contribution in [2.75, 3.05) is 19.5 Å². The van der Waals surface area contributed by atoms with Gasteiger partial charge in [-0.1, -0.05) is 0 Å². The summed E-state index contributed by atoms with van der Waals surface area (Å²) in [6, 6.07) is 9.19. The first-order chi connectivity index (χ1) is 12.8. The van der Waals surface area contributed by atoms with Crippen molar-refractivity contribution >= 4 is 25.3 Å². The monoisotopic (exact) mass is 415 g/mol. The van der Waals surface area contributed by atoms with Crippen molar-refractivity contribution in [2.24, 2.45) is 0 Å². The molecule has 0 bridgehead atoms. The predicted molar refractivity (Wildman–Crippen MR) is 102 cm³/mol. The van der Waals surface area contributed by atoms with E-state index in [2.05, 4.69) is 0 Å². The van der Waals surface area contributed by atoms with Gasteiger partial charge in [0.1, 0.15) is 23.9 Å². The van der Waals surface area contributed by atoms with Gasteiger partial charge in [-0.05, 0) is 63.2 Å². The minimum atomic E-state index is -3.68. The molecule has 0 saturated heterocycles. The van der Waals surface area contributed by atoms with Crippen molar-refractivity contribution in [1.82, 2.24) is 4.67 Å². The van der Waals surface area contributed by atoms with Crippen molar-refractivity contribution in [3.8, 4) is 5.75 Å². The van der Waals surface area contributed by atoms with E-state index in [1.54, 1.807) is 19.2 Å². The molecule has 0 spiro atoms. The molecule has 0 aliphatic carbocycles. The molecule has 2 rings (SSSR count). The minimum absolute atomic E-state index is 0.0157. The van der Waals surface area contributed by atoms with E-state index in [9.17, 15) is 9.36 Å². The Kier molecular flexibility index (Phi) is 7.92. The summed E-state index contributed by atoms with van der Waals surface area (Å²) in [6.07, 6.45) is 1.51. The maximum absolute atomic E-state index is 13.4. The second-order valence-electron chi connectivity index (χ2n) is 5.95. The second kappa shape index (κ2) is 9.95. The van der Waals surface area contributed by atoms with E-state index in [1.165, 1.54) is 28.9 Å². The Labute approximate surface area is 163 Å². The quantitative estimate of drug-likeness (QED) is 0.316. The molecule has 1 heterocycles. The summed E-state index contributed by atoms with van der Waals surface area (Å²) in [5.74, 6) is 0.980. The Balaban J connectivity index is 2.13. The molecule has 1 N–H and O–H groups in total. The molecule has 0 radical (unpaired) electrons. The topological polar surface area (TPSA) is 89.2 Å². The van der Waals surface area contributed by atoms with Gasteiger partial charge in [0.05, 0.1) is 5.56 Å². The van der Waals surface area contributed by atoms with E-state index in [0.717, 1.165) is 18.6 Å². The third-order valence-electron chi connectivity index (χ3n) is 3.77. The third-order valence-corrected chi connectivity index (χ3v) is 5.97. The molecule has 148 valence electrons. The Morgan fingerprint density at radius 3 is 2.48 bits per heavy atom. The van der Waals surface area contributed by atoms with Crippen LogP contribution in [0.15, 0.2) is 40.8 Å². The number of carboxylic acids is 1. The largest absolute Gasteiger partial charge is 0.478 e. The number of benzene rings is 1. The Morgan fingerprint density at radius 2 is 1.93 bits per heavy atom. The SMILES string of the molecule is Cc1ccc(COP(=O)(Oc2ccc(C(=O)O)cc2)N(C)CCCCCl)o1. The van der Waals surface area contributed by atoms with Gasteiger partial charge in [0.25, 0.3) is 0 Å². The Morgan fingerprint density at radius 1 is 1.22 bits per heavy atom. The minimum Gasteiger partial charge on any atom is -0.478 e. The van der Waals surface area contributed by atoms with Crippen LogP contribution in [0.4, 0.5) is 0 Å². The predicted octanol–water partition coefficient (Wildman–Crippen LogP) is 4.94. The van der Waals surface area contributed by atoms with E-state index in [4.69, 9.17) is 30.2 Å². The van der Waals surface area contributed by atoms with Gasteiger partial charge in [0.15, 0.2) is 0 Å². The van der Waals surface area contributed by atoms with E-state index in [-0.39, 0.29) is 17.9 Å². The highest BCUT2D eigenvalue weighted by molar-refractivity contribution is 7.51. The molecule has 7 nitrogen and oxygen atoms in total. The number of unbranched alkanes of at least 4 members (excludes halogenated alkanes) is 1. The number of furan rings is 1. The fraction of sp³-hybridized carbons (Fsp3) is 0.389. The van der Waals surface area contributed by atoms with Crippen LogP contribution in [0.1, 0.15) is 34.7 Å². The molecule has 0 fully saturated rings. The number of hydrogen-bond donors (Lipinski definition) is 1. The van der Waals surface area contributed by atoms with Crippen LogP contribution in [0.25, 0.3) is 0 Å². The van der Waals surface area contributed by atoms with Gasteiger partial charge < -0.3 is 14.0 Å². The fourth-order valence-electron chi connectivity index (χ4n) is 2.25. The lowest BCUT2D eigenvalue weighted by Crippen LogP contribution is -2.21. The van der Waals surface area contributed by atoms with Gasteiger partial charge in [0.2, 0.25) is 0 Å². The standard InChI is InChI=1S/C18H23ClNO6P/c1-14-5-8-17(25-14)13-24-27(23,20(2)12-4-3-11-19)26-16-9-6-15(7-10-16)18(21)22/h5-10H,3-4,11-13H2,1-2H3,(H,21,22). The first-order valence-electron chi connectivity index (χ1n) is 8.44. The van der Waals surface area contributed by atoms with Crippen LogP contribution in [0, 0.1) is 6.92 Å². The lowest BCUT2D eigenvalue weighted by molar-refractivity contribution is 0.0697. The summed E-state index contributed by atoms with van der Waals surface area (Å²) in [5.41, 5.74) is 0.111. The summed E-state index contributed by atoms with van der Waals surface area (Å²) in [7, 11) is -2.04. The van der Waals surface area contributed by atoms with E-state index in [1.807, 2.05) is 6.92 Å². The zero-order chi connectivity index (χ0) is 19.9. The molecule has 1 aromatic carbocycles. The second-order valence-corrected chi connectivity index (χ2v) is 8.39. The molecule has 0 aliphatic heterocycles. The summed E-state index contributed by atoms with van der Waals surface area (Å²) >= 11 is 5.70. The van der Waals surface area contributed by atoms with E-state index < -0.39 is 13.7 Å². The van der Waals surface area contributed by atoms with Gasteiger partial charge >= 0.3 is 13.7 Å². The van der Waals surface area contributed by atoms with Gasteiger partial charge in [-0.2, -0.15) is 0 Å². The number of aryl methyl sites for hydroxylation is 1. The third kappa shape index (κ3) is 6.40. The highest BCUT2D eigenvalue weighted by Crippen LogP contribution is 2.51. The summed E-state index contributed by atoms with van der Waals surface area (Å²) in [5, 5.41) is 8.98. The number of nitrogens with zero attached hydrogens (tertiary/aromatic N) is 1. The van der Waals surface area contributed by atoms with Crippen molar-refractivity contribution in [1.29, 1.82) is 0 Å². The first kappa shape index (κ1) is 21.5. The molecule has 9 heteroatoms. The molecule has 0 saturated carbocycles. The summed E-state index contributed by atoms with van der Waals surface area (Å²) < 4.78 is 31.6. The lowest BCUT2D eigenvalue weighted by Gasteiger charge is -2.27. The van der Waals surface area contributed by atoms with E-state index >= 15 is 0 Å². The van der Waals surface area contributed by atoms with Crippen LogP contribution < -0.4 is 4.52 Å². The molecular formula is C18H23ClNO6P. The number of hydrogen-bond acceptors (Lipinski definition) is 5. The fourth-order valence-corrected chi connectivity index (χ4v) is 3.89. The lowest BCUT2D eigenvalue weighted by atomic mass is 10.2. The molecule has 0 aliphatic rings. The number of carboxylic acid groups (broad SMARTS) is 1. The molecule has 1 atom stereocenters. The van der Waals surface area contributed by atoms with E-state index in [0.29, 0.717) is 18.2 Å². The van der Waals surface area contributed by atoms with Crippen molar-refractivity contribution < 1.29 is 27.9 Å². The van der Waals surface area contributed by atoms with Crippen LogP contribution in [0.2, 0.25) is 0 Å². The van der Waals surface area contributed by atoms with Crippen LogP contribution in [0.5, 0.6) is 5.75 Å². The van der Waals surface area contributed by atoms with Crippen LogP contribution in [-0.4, -0.2) is 35.2 Å². The number of aromatic carboxylic acids is 1.